The molecule has 0 saturated heterocycles. The number of carbonyl (C=O) groups is 3. The number of nitrogens with one attached hydrogen (secondary N) is 1. The van der Waals surface area contributed by atoms with E-state index in [9.17, 15) is 14.4 Å². The summed E-state index contributed by atoms with van der Waals surface area (Å²) in [6, 6.07) is -0.723. The van der Waals surface area contributed by atoms with Crippen molar-refractivity contribution in [3.63, 3.8) is 0 Å². The van der Waals surface area contributed by atoms with Gasteiger partial charge in [0.15, 0.2) is 0 Å². The van der Waals surface area contributed by atoms with Crippen LogP contribution >= 0.6 is 0 Å². The Hall–Kier alpha value is -1.59. The van der Waals surface area contributed by atoms with E-state index in [1.54, 1.807) is 6.92 Å². The lowest BCUT2D eigenvalue weighted by Gasteiger charge is -2.09. The normalized spacial score (nSPS) is 11.6. The molecule has 3 N–H and O–H groups in total. The molecule has 0 radical (unpaired) electrons. The van der Waals surface area contributed by atoms with Gasteiger partial charge in [0.1, 0.15) is 6.04 Å². The number of esters is 1. The molecule has 6 nitrogen and oxygen atoms in total. The predicted molar refractivity (Wildman–Crippen MR) is 52.7 cm³/mol. The number of hydrogen-bond donors (Lipinski definition) is 2. The highest BCUT2D eigenvalue weighted by atomic mass is 16.5. The number of nitrogens with two attached hydrogens (primary N) is 1. The van der Waals surface area contributed by atoms with Crippen molar-refractivity contribution in [1.29, 1.82) is 0 Å². The lowest BCUT2D eigenvalue weighted by atomic mass is 10.2. The molecule has 0 rings (SSSR count). The third-order valence-electron chi connectivity index (χ3n) is 1.67. The molecule has 0 aromatic carbocycles. The van der Waals surface area contributed by atoms with Crippen LogP contribution in [0.2, 0.25) is 0 Å². The van der Waals surface area contributed by atoms with E-state index in [0.29, 0.717) is 0 Å². The minimum atomic E-state index is -0.723. The van der Waals surface area contributed by atoms with Crippen molar-refractivity contribution in [3.05, 3.63) is 0 Å². The van der Waals surface area contributed by atoms with Crippen LogP contribution in [-0.2, 0) is 19.1 Å². The molecule has 15 heavy (non-hydrogen) atoms. The van der Waals surface area contributed by atoms with E-state index in [-0.39, 0.29) is 19.4 Å². The van der Waals surface area contributed by atoms with E-state index < -0.39 is 23.8 Å². The number of primary amides is 1. The lowest BCUT2D eigenvalue weighted by molar-refractivity contribution is -0.144. The number of rotatable bonds is 6. The summed E-state index contributed by atoms with van der Waals surface area (Å²) in [5.41, 5.74) is 4.94. The van der Waals surface area contributed by atoms with Gasteiger partial charge in [-0.15, -0.1) is 0 Å². The van der Waals surface area contributed by atoms with E-state index in [0.717, 1.165) is 0 Å². The average Bonchev–Trinajstić information content (AvgIpc) is 2.15. The zero-order chi connectivity index (χ0) is 11.8. The third-order valence-corrected chi connectivity index (χ3v) is 1.67. The molecule has 2 amide bonds. The topological polar surface area (TPSA) is 98.5 Å². The first-order valence-corrected chi connectivity index (χ1v) is 4.71. The Kier molecular flexibility index (Phi) is 6.08. The highest BCUT2D eigenvalue weighted by Crippen LogP contribution is 1.93. The lowest BCUT2D eigenvalue weighted by Crippen LogP contribution is -2.42. The Morgan fingerprint density at radius 3 is 2.40 bits per heavy atom. The minimum Gasteiger partial charge on any atom is -0.466 e. The summed E-state index contributed by atoms with van der Waals surface area (Å²) in [6.07, 6.45) is 0.00160. The number of ether oxygens (including phenoxy) is 1. The van der Waals surface area contributed by atoms with E-state index >= 15 is 0 Å². The van der Waals surface area contributed by atoms with Gasteiger partial charge < -0.3 is 15.8 Å². The monoisotopic (exact) mass is 216 g/mol. The standard InChI is InChI=1S/C9H16N2O4/c1-3-15-8(13)5-4-7(12)11-6(2)9(10)14/h6H,3-5H2,1-2H3,(H2,10,14)(H,11,12). The SMILES string of the molecule is CCOC(=O)CCC(=O)NC(C)C(N)=O. The summed E-state index contributed by atoms with van der Waals surface area (Å²) in [5, 5.41) is 2.36. The Labute approximate surface area is 88.1 Å². The first kappa shape index (κ1) is 13.4. The first-order valence-electron chi connectivity index (χ1n) is 4.71. The zero-order valence-electron chi connectivity index (χ0n) is 8.91. The fourth-order valence-corrected chi connectivity index (χ4v) is 0.834. The van der Waals surface area contributed by atoms with E-state index in [1.807, 2.05) is 0 Å². The van der Waals surface area contributed by atoms with Crippen LogP contribution in [0.3, 0.4) is 0 Å². The van der Waals surface area contributed by atoms with Crippen molar-refractivity contribution >= 4 is 17.8 Å². The first-order chi connectivity index (χ1) is 6.97. The maximum Gasteiger partial charge on any atom is 0.306 e. The van der Waals surface area contributed by atoms with Gasteiger partial charge in [-0.1, -0.05) is 0 Å². The minimum absolute atomic E-state index is 0.00352. The molecule has 0 saturated carbocycles. The van der Waals surface area contributed by atoms with Crippen LogP contribution in [0, 0.1) is 0 Å². The maximum absolute atomic E-state index is 11.1. The fraction of sp³-hybridized carbons (Fsp3) is 0.667. The van der Waals surface area contributed by atoms with Crippen LogP contribution in [-0.4, -0.2) is 30.4 Å². The molecule has 86 valence electrons. The Bertz CT molecular complexity index is 252. The molecule has 0 aliphatic carbocycles. The third kappa shape index (κ3) is 6.48. The summed E-state index contributed by atoms with van der Waals surface area (Å²) < 4.78 is 4.63. The molecule has 6 heteroatoms. The van der Waals surface area contributed by atoms with Crippen LogP contribution in [0.4, 0.5) is 0 Å². The molecule has 0 bridgehead atoms. The number of amides is 2. The van der Waals surface area contributed by atoms with Crippen LogP contribution in [0.5, 0.6) is 0 Å². The molecule has 0 spiro atoms. The fourth-order valence-electron chi connectivity index (χ4n) is 0.834. The van der Waals surface area contributed by atoms with E-state index in [1.165, 1.54) is 6.92 Å². The summed E-state index contributed by atoms with van der Waals surface area (Å²) in [7, 11) is 0. The molecule has 0 aliphatic rings. The van der Waals surface area contributed by atoms with Gasteiger partial charge in [-0.2, -0.15) is 0 Å². The summed E-state index contributed by atoms with van der Waals surface area (Å²) >= 11 is 0. The second-order valence-electron chi connectivity index (χ2n) is 3.00. The van der Waals surface area contributed by atoms with Gasteiger partial charge in [0.25, 0.3) is 0 Å². The van der Waals surface area contributed by atoms with Gasteiger partial charge in [-0.3, -0.25) is 14.4 Å². The predicted octanol–water partition coefficient (Wildman–Crippen LogP) is -0.680. The molecule has 0 fully saturated rings. The van der Waals surface area contributed by atoms with Gasteiger partial charge in [-0.25, -0.2) is 0 Å². The molecule has 0 aliphatic heterocycles. The van der Waals surface area contributed by atoms with Gasteiger partial charge in [0.2, 0.25) is 11.8 Å². The molecule has 1 unspecified atom stereocenters. The average molecular weight is 216 g/mol. The van der Waals surface area contributed by atoms with Crippen molar-refractivity contribution < 1.29 is 19.1 Å². The summed E-state index contributed by atoms with van der Waals surface area (Å²) in [6.45, 7) is 3.45. The van der Waals surface area contributed by atoms with Gasteiger partial charge in [-0.05, 0) is 13.8 Å². The summed E-state index contributed by atoms with van der Waals surface area (Å²) in [5.74, 6) is -1.44. The molecule has 0 aromatic rings. The van der Waals surface area contributed by atoms with Gasteiger partial charge >= 0.3 is 5.97 Å². The van der Waals surface area contributed by atoms with E-state index in [4.69, 9.17) is 5.73 Å². The number of carbonyl (C=O) groups excluding carboxylic acids is 3. The van der Waals surface area contributed by atoms with Crippen molar-refractivity contribution in [2.45, 2.75) is 32.7 Å². The number of hydrogen-bond acceptors (Lipinski definition) is 4. The quantitative estimate of drug-likeness (QED) is 0.574. The molecule has 1 atom stereocenters. The van der Waals surface area contributed by atoms with Gasteiger partial charge in [0, 0.05) is 6.42 Å². The highest BCUT2D eigenvalue weighted by molar-refractivity contribution is 5.87. The van der Waals surface area contributed by atoms with Crippen LogP contribution in [0.15, 0.2) is 0 Å². The Morgan fingerprint density at radius 2 is 1.93 bits per heavy atom. The van der Waals surface area contributed by atoms with Crippen LogP contribution in [0.1, 0.15) is 26.7 Å². The molecular formula is C9H16N2O4. The largest absolute Gasteiger partial charge is 0.466 e. The van der Waals surface area contributed by atoms with E-state index in [2.05, 4.69) is 10.1 Å². The van der Waals surface area contributed by atoms with Crippen molar-refractivity contribution in [1.82, 2.24) is 5.32 Å². The van der Waals surface area contributed by atoms with Gasteiger partial charge in [0.05, 0.1) is 13.0 Å². The maximum atomic E-state index is 11.1. The highest BCUT2D eigenvalue weighted by Gasteiger charge is 2.13. The zero-order valence-corrected chi connectivity index (χ0v) is 8.91. The molecule has 0 aromatic heterocycles. The van der Waals surface area contributed by atoms with Crippen molar-refractivity contribution in [3.8, 4) is 0 Å². The van der Waals surface area contributed by atoms with Crippen LogP contribution < -0.4 is 11.1 Å². The van der Waals surface area contributed by atoms with Crippen molar-refractivity contribution in [2.75, 3.05) is 6.61 Å². The smallest absolute Gasteiger partial charge is 0.306 e. The molecule has 0 heterocycles. The van der Waals surface area contributed by atoms with Crippen molar-refractivity contribution in [2.24, 2.45) is 5.73 Å². The van der Waals surface area contributed by atoms with Crippen LogP contribution in [0.25, 0.3) is 0 Å². The summed E-state index contributed by atoms with van der Waals surface area (Å²) in [4.78, 5) is 32.6. The second kappa shape index (κ2) is 6.80. The molecular weight excluding hydrogens is 200 g/mol. The Morgan fingerprint density at radius 1 is 1.33 bits per heavy atom. The second-order valence-corrected chi connectivity index (χ2v) is 3.00. The Balaban J connectivity index is 3.75.